The number of rotatable bonds is 7. The van der Waals surface area contributed by atoms with Crippen molar-refractivity contribution in [2.45, 2.75) is 32.9 Å². The molecule has 0 N–H and O–H groups in total. The highest BCUT2D eigenvalue weighted by atomic mass is 31.2. The van der Waals surface area contributed by atoms with Crippen molar-refractivity contribution in [2.75, 3.05) is 19.4 Å². The average Bonchev–Trinajstić information content (AvgIpc) is 2.12. The average molecular weight is 248 g/mol. The van der Waals surface area contributed by atoms with E-state index in [-0.39, 0.29) is 12.8 Å². The van der Waals surface area contributed by atoms with Gasteiger partial charge < -0.3 is 4.52 Å². The third-order valence-corrected chi connectivity index (χ3v) is 3.57. The summed E-state index contributed by atoms with van der Waals surface area (Å²) < 4.78 is 56.3. The molecule has 0 amide bonds. The molecule has 0 aromatic carbocycles. The number of alkyl halides is 3. The van der Waals surface area contributed by atoms with Gasteiger partial charge in [0.1, 0.15) is 0 Å². The predicted molar refractivity (Wildman–Crippen MR) is 51.0 cm³/mol. The van der Waals surface area contributed by atoms with Crippen LogP contribution in [0.25, 0.3) is 0 Å². The molecule has 7 heteroatoms. The zero-order chi connectivity index (χ0) is 11.9. The monoisotopic (exact) mass is 248 g/mol. The van der Waals surface area contributed by atoms with Gasteiger partial charge in [0.05, 0.1) is 12.8 Å². The predicted octanol–water partition coefficient (Wildman–Crippen LogP) is 3.60. The third-order valence-electron chi connectivity index (χ3n) is 1.54. The Bertz CT molecular complexity index is 218. The van der Waals surface area contributed by atoms with Crippen molar-refractivity contribution in [2.24, 2.45) is 0 Å². The Morgan fingerprint density at radius 3 is 2.20 bits per heavy atom. The van der Waals surface area contributed by atoms with Gasteiger partial charge in [0, 0.05) is 0 Å². The highest BCUT2D eigenvalue weighted by Crippen LogP contribution is 2.49. The van der Waals surface area contributed by atoms with E-state index in [9.17, 15) is 17.7 Å². The molecule has 1 unspecified atom stereocenters. The van der Waals surface area contributed by atoms with Gasteiger partial charge in [-0.15, -0.1) is 0 Å². The molecule has 0 heterocycles. The zero-order valence-corrected chi connectivity index (χ0v) is 9.74. The Morgan fingerprint density at radius 1 is 1.20 bits per heavy atom. The summed E-state index contributed by atoms with van der Waals surface area (Å²) in [6, 6.07) is 0. The van der Waals surface area contributed by atoms with Crippen molar-refractivity contribution in [3.05, 3.63) is 0 Å². The van der Waals surface area contributed by atoms with Crippen LogP contribution in [0.4, 0.5) is 13.2 Å². The van der Waals surface area contributed by atoms with E-state index in [1.165, 1.54) is 0 Å². The Hall–Kier alpha value is -0.0600. The zero-order valence-electron chi connectivity index (χ0n) is 8.84. The summed E-state index contributed by atoms with van der Waals surface area (Å²) in [5.41, 5.74) is 0. The van der Waals surface area contributed by atoms with Gasteiger partial charge in [-0.05, 0) is 13.3 Å². The van der Waals surface area contributed by atoms with Crippen molar-refractivity contribution in [1.82, 2.24) is 0 Å². The Labute approximate surface area is 87.5 Å². The molecule has 15 heavy (non-hydrogen) atoms. The molecule has 92 valence electrons. The first-order valence-corrected chi connectivity index (χ1v) is 6.50. The molecule has 0 aromatic rings. The second-order valence-corrected chi connectivity index (χ2v) is 5.18. The van der Waals surface area contributed by atoms with E-state index in [1.807, 2.05) is 6.92 Å². The molecule has 0 aromatic heterocycles. The van der Waals surface area contributed by atoms with E-state index in [2.05, 4.69) is 4.52 Å². The second kappa shape index (κ2) is 6.51. The van der Waals surface area contributed by atoms with Gasteiger partial charge in [0.2, 0.25) is 0 Å². The molecular weight excluding hydrogens is 232 g/mol. The molecule has 0 fully saturated rings. The van der Waals surface area contributed by atoms with Gasteiger partial charge in [0.15, 0.2) is 6.61 Å². The minimum absolute atomic E-state index is 0.0351. The molecular formula is C8H16F3O3P. The molecule has 0 saturated carbocycles. The van der Waals surface area contributed by atoms with Crippen LogP contribution in [0.15, 0.2) is 0 Å². The topological polar surface area (TPSA) is 35.5 Å². The van der Waals surface area contributed by atoms with E-state index in [4.69, 9.17) is 4.52 Å². The maximum atomic E-state index is 11.8. The van der Waals surface area contributed by atoms with Crippen molar-refractivity contribution < 1.29 is 26.8 Å². The van der Waals surface area contributed by atoms with Gasteiger partial charge in [-0.2, -0.15) is 13.2 Å². The van der Waals surface area contributed by atoms with Crippen LogP contribution in [-0.2, 0) is 13.6 Å². The second-order valence-electron chi connectivity index (χ2n) is 2.99. The lowest BCUT2D eigenvalue weighted by atomic mass is 10.4. The van der Waals surface area contributed by atoms with Crippen molar-refractivity contribution >= 4 is 7.60 Å². The van der Waals surface area contributed by atoms with E-state index >= 15 is 0 Å². The molecule has 0 aliphatic carbocycles. The summed E-state index contributed by atoms with van der Waals surface area (Å²) in [4.78, 5) is 0. The number of halogens is 3. The fourth-order valence-electron chi connectivity index (χ4n) is 0.886. The number of unbranched alkanes of at least 4 members (excludes halogenated alkanes) is 1. The molecule has 0 aliphatic rings. The van der Waals surface area contributed by atoms with Gasteiger partial charge in [-0.3, -0.25) is 9.09 Å². The molecule has 1 atom stereocenters. The van der Waals surface area contributed by atoms with E-state index in [0.717, 1.165) is 6.42 Å². The molecule has 0 radical (unpaired) electrons. The van der Waals surface area contributed by atoms with Crippen LogP contribution in [0.1, 0.15) is 26.7 Å². The van der Waals surface area contributed by atoms with Crippen LogP contribution in [0.3, 0.4) is 0 Å². The highest BCUT2D eigenvalue weighted by Gasteiger charge is 2.33. The largest absolute Gasteiger partial charge is 0.412 e. The lowest BCUT2D eigenvalue weighted by Gasteiger charge is -2.18. The fourth-order valence-corrected chi connectivity index (χ4v) is 2.66. The number of hydrogen-bond acceptors (Lipinski definition) is 3. The van der Waals surface area contributed by atoms with Crippen LogP contribution >= 0.6 is 7.60 Å². The molecule has 0 spiro atoms. The Morgan fingerprint density at radius 2 is 1.80 bits per heavy atom. The van der Waals surface area contributed by atoms with Crippen molar-refractivity contribution in [3.8, 4) is 0 Å². The third kappa shape index (κ3) is 7.82. The minimum atomic E-state index is -4.47. The lowest BCUT2D eigenvalue weighted by Crippen LogP contribution is -2.17. The smallest absolute Gasteiger partial charge is 0.309 e. The SMILES string of the molecule is CCCCP(=O)(OCC)OCC(F)(F)F. The van der Waals surface area contributed by atoms with Gasteiger partial charge in [-0.1, -0.05) is 13.3 Å². The summed E-state index contributed by atoms with van der Waals surface area (Å²) in [5.74, 6) is 0. The molecule has 0 bridgehead atoms. The van der Waals surface area contributed by atoms with E-state index < -0.39 is 20.4 Å². The standard InChI is InChI=1S/C8H16F3O3P/c1-3-5-6-15(12,13-4-2)14-7-8(9,10)11/h3-7H2,1-2H3. The van der Waals surface area contributed by atoms with Crippen molar-refractivity contribution in [1.29, 1.82) is 0 Å². The molecule has 0 rings (SSSR count). The van der Waals surface area contributed by atoms with Crippen molar-refractivity contribution in [3.63, 3.8) is 0 Å². The first-order valence-electron chi connectivity index (χ1n) is 4.78. The maximum Gasteiger partial charge on any atom is 0.412 e. The fraction of sp³-hybridized carbons (Fsp3) is 1.00. The van der Waals surface area contributed by atoms with Gasteiger partial charge in [0.25, 0.3) is 0 Å². The lowest BCUT2D eigenvalue weighted by molar-refractivity contribution is -0.155. The first-order chi connectivity index (χ1) is 6.83. The van der Waals surface area contributed by atoms with Gasteiger partial charge in [-0.25, -0.2) is 0 Å². The van der Waals surface area contributed by atoms with Crippen LogP contribution in [-0.4, -0.2) is 25.6 Å². The maximum absolute atomic E-state index is 11.8. The first kappa shape index (κ1) is 14.9. The summed E-state index contributed by atoms with van der Waals surface area (Å²) in [6.45, 7) is 1.97. The normalized spacial score (nSPS) is 16.3. The van der Waals surface area contributed by atoms with Gasteiger partial charge >= 0.3 is 13.8 Å². The molecule has 0 aliphatic heterocycles. The van der Waals surface area contributed by atoms with Crippen LogP contribution in [0.5, 0.6) is 0 Å². The summed E-state index contributed by atoms with van der Waals surface area (Å²) >= 11 is 0. The van der Waals surface area contributed by atoms with Crippen LogP contribution < -0.4 is 0 Å². The molecule has 3 nitrogen and oxygen atoms in total. The summed E-state index contributed by atoms with van der Waals surface area (Å²) in [6.07, 6.45) is -3.19. The van der Waals surface area contributed by atoms with Crippen LogP contribution in [0, 0.1) is 0 Å². The summed E-state index contributed by atoms with van der Waals surface area (Å²) in [7, 11) is -3.55. The highest BCUT2D eigenvalue weighted by molar-refractivity contribution is 7.53. The Balaban J connectivity index is 4.19. The Kier molecular flexibility index (Phi) is 6.48. The molecule has 0 saturated heterocycles. The summed E-state index contributed by atoms with van der Waals surface area (Å²) in [5, 5.41) is 0. The van der Waals surface area contributed by atoms with E-state index in [0.29, 0.717) is 6.42 Å². The number of hydrogen-bond donors (Lipinski definition) is 0. The quantitative estimate of drug-likeness (QED) is 0.646. The van der Waals surface area contributed by atoms with E-state index in [1.54, 1.807) is 6.92 Å². The minimum Gasteiger partial charge on any atom is -0.309 e. The van der Waals surface area contributed by atoms with Crippen LogP contribution in [0.2, 0.25) is 0 Å².